The van der Waals surface area contributed by atoms with Gasteiger partial charge < -0.3 is 20.3 Å². The molecule has 0 aliphatic carbocycles. The van der Waals surface area contributed by atoms with Crippen molar-refractivity contribution in [1.29, 1.82) is 0 Å². The number of hydrogen-bond donors (Lipinski definition) is 2. The Morgan fingerprint density at radius 1 is 1.18 bits per heavy atom. The van der Waals surface area contributed by atoms with E-state index in [0.29, 0.717) is 29.5 Å². The molecule has 2 N–H and O–H groups in total. The van der Waals surface area contributed by atoms with Gasteiger partial charge in [-0.05, 0) is 49.1 Å². The number of nitrogens with one attached hydrogen (secondary N) is 2. The van der Waals surface area contributed by atoms with Gasteiger partial charge in [-0.25, -0.2) is 0 Å². The number of rotatable bonds is 7. The lowest BCUT2D eigenvalue weighted by Gasteiger charge is -2.34. The Morgan fingerprint density at radius 3 is 2.64 bits per heavy atom. The predicted molar refractivity (Wildman–Crippen MR) is 139 cm³/mol. The van der Waals surface area contributed by atoms with Crippen molar-refractivity contribution < 1.29 is 18.3 Å². The zero-order valence-electron chi connectivity index (χ0n) is 17.9. The fourth-order valence-electron chi connectivity index (χ4n) is 4.45. The van der Waals surface area contributed by atoms with Crippen LogP contribution in [0.15, 0.2) is 42.5 Å². The summed E-state index contributed by atoms with van der Waals surface area (Å²) in [6, 6.07) is 14.1. The van der Waals surface area contributed by atoms with Crippen LogP contribution in [-0.4, -0.2) is 29.7 Å². The van der Waals surface area contributed by atoms with Crippen LogP contribution in [-0.2, 0) is 17.8 Å². The third-order valence-electron chi connectivity index (χ3n) is 5.97. The highest BCUT2D eigenvalue weighted by molar-refractivity contribution is 14.1. The third-order valence-corrected chi connectivity index (χ3v) is 6.65. The second-order valence-corrected chi connectivity index (χ2v) is 8.56. The average molecular weight is 614 g/mol. The largest absolute Gasteiger partial charge is 0.434 e. The highest BCUT2D eigenvalue weighted by Gasteiger charge is 2.28. The molecule has 1 amide bonds. The number of aryl methyl sites for hydroxylation is 1. The fourth-order valence-corrected chi connectivity index (χ4v) is 5.20. The molecule has 2 aliphatic heterocycles. The lowest BCUT2D eigenvalue weighted by Crippen LogP contribution is -2.45. The minimum Gasteiger partial charge on any atom is -0.434 e. The molecule has 0 spiro atoms. The van der Waals surface area contributed by atoms with Crippen LogP contribution in [0.25, 0.3) is 0 Å². The van der Waals surface area contributed by atoms with E-state index in [0.717, 1.165) is 30.6 Å². The van der Waals surface area contributed by atoms with Crippen molar-refractivity contribution in [2.75, 3.05) is 16.0 Å². The molecule has 0 unspecified atom stereocenters. The lowest BCUT2D eigenvalue weighted by atomic mass is 9.92. The van der Waals surface area contributed by atoms with Crippen LogP contribution in [0.5, 0.6) is 5.75 Å². The first kappa shape index (κ1) is 28.0. The Bertz CT molecular complexity index is 924. The molecular formula is C23H28Cl2F2IN3O2. The van der Waals surface area contributed by atoms with Gasteiger partial charge in [0.05, 0.1) is 4.55 Å². The first-order valence-electron chi connectivity index (χ1n) is 10.6. The maximum Gasteiger partial charge on any atom is 0.387 e. The topological polar surface area (TPSA) is 53.6 Å². The number of nitrogens with zero attached hydrogens (tertiary/aromatic N) is 1. The summed E-state index contributed by atoms with van der Waals surface area (Å²) in [5.74, 6) is 0.244. The lowest BCUT2D eigenvalue weighted by molar-refractivity contribution is -0.118. The van der Waals surface area contributed by atoms with E-state index in [2.05, 4.69) is 45.4 Å². The minimum atomic E-state index is -2.89. The van der Waals surface area contributed by atoms with Crippen LogP contribution in [0.3, 0.4) is 0 Å². The number of ether oxygens (including phenoxy) is 1. The Kier molecular flexibility index (Phi) is 11.1. The Labute approximate surface area is 219 Å². The summed E-state index contributed by atoms with van der Waals surface area (Å²) in [4.78, 5) is 14.0. The van der Waals surface area contributed by atoms with Crippen LogP contribution < -0.4 is 20.3 Å². The summed E-state index contributed by atoms with van der Waals surface area (Å²) in [6.07, 6.45) is 2.95. The van der Waals surface area contributed by atoms with Gasteiger partial charge in [0, 0.05) is 36.3 Å². The Balaban J connectivity index is 0.00000193. The van der Waals surface area contributed by atoms with Gasteiger partial charge in [0.2, 0.25) is 5.91 Å². The average Bonchev–Trinajstić information content (AvgIpc) is 2.78. The number of fused-ring (bicyclic) bond motifs is 1. The maximum atomic E-state index is 13.1. The number of anilines is 1. The smallest absolute Gasteiger partial charge is 0.387 e. The highest BCUT2D eigenvalue weighted by Crippen LogP contribution is 2.35. The van der Waals surface area contributed by atoms with Gasteiger partial charge >= 0.3 is 6.61 Å². The van der Waals surface area contributed by atoms with Crippen molar-refractivity contribution in [3.05, 3.63) is 59.2 Å². The molecule has 0 aromatic heterocycles. The van der Waals surface area contributed by atoms with E-state index < -0.39 is 6.61 Å². The van der Waals surface area contributed by atoms with Crippen molar-refractivity contribution in [2.45, 2.75) is 50.9 Å². The number of halogens is 5. The van der Waals surface area contributed by atoms with Crippen LogP contribution in [0.1, 0.15) is 42.0 Å². The van der Waals surface area contributed by atoms with Crippen LogP contribution in [0, 0.1) is 0 Å². The molecule has 1 fully saturated rings. The Morgan fingerprint density at radius 2 is 1.94 bits per heavy atom. The quantitative estimate of drug-likeness (QED) is 0.250. The number of hydrogen-bond acceptors (Lipinski definition) is 4. The maximum absolute atomic E-state index is 13.1. The van der Waals surface area contributed by atoms with Gasteiger partial charge in [-0.2, -0.15) is 8.78 Å². The van der Waals surface area contributed by atoms with E-state index in [-0.39, 0.29) is 48.6 Å². The minimum absolute atomic E-state index is 0. The summed E-state index contributed by atoms with van der Waals surface area (Å²) in [5.41, 5.74) is 3.51. The SMILES string of the molecule is Cl.Cl.O=C1CCc2cc(OC(F)F)c(CN[C@H]3CCCN[C@H]3c3ccccc3)cc2N1CI. The molecule has 2 atom stereocenters. The molecule has 10 heteroatoms. The zero-order chi connectivity index (χ0) is 21.8. The van der Waals surface area contributed by atoms with E-state index >= 15 is 0 Å². The van der Waals surface area contributed by atoms with Crippen molar-refractivity contribution in [3.63, 3.8) is 0 Å². The van der Waals surface area contributed by atoms with Crippen molar-refractivity contribution in [3.8, 4) is 5.75 Å². The molecule has 2 heterocycles. The molecule has 2 aromatic rings. The summed E-state index contributed by atoms with van der Waals surface area (Å²) in [7, 11) is 0. The number of amides is 1. The summed E-state index contributed by atoms with van der Waals surface area (Å²) in [5, 5.41) is 7.13. The van der Waals surface area contributed by atoms with Gasteiger partial charge in [-0.3, -0.25) is 4.79 Å². The van der Waals surface area contributed by atoms with Crippen molar-refractivity contribution in [1.82, 2.24) is 10.6 Å². The highest BCUT2D eigenvalue weighted by atomic mass is 127. The van der Waals surface area contributed by atoms with Gasteiger partial charge in [-0.15, -0.1) is 24.8 Å². The molecule has 33 heavy (non-hydrogen) atoms. The van der Waals surface area contributed by atoms with E-state index in [4.69, 9.17) is 4.74 Å². The number of carbonyl (C=O) groups is 1. The first-order chi connectivity index (χ1) is 15.1. The van der Waals surface area contributed by atoms with Crippen molar-refractivity contribution in [2.24, 2.45) is 0 Å². The first-order valence-corrected chi connectivity index (χ1v) is 12.1. The summed E-state index contributed by atoms with van der Waals surface area (Å²) < 4.78 is 31.6. The molecule has 182 valence electrons. The van der Waals surface area contributed by atoms with E-state index in [1.807, 2.05) is 24.3 Å². The standard InChI is InChI=1S/C23H26F2IN3O2.2ClH/c24-23(25)31-20-12-16-8-9-21(30)29(14-26)19(16)11-17(20)13-28-18-7-4-10-27-22(18)15-5-2-1-3-6-15;;/h1-3,5-6,11-12,18,22-23,27-28H,4,7-10,13-14H2;2*1H/t18-,22-;;/m0../s1. The molecule has 2 aromatic carbocycles. The van der Waals surface area contributed by atoms with E-state index in [1.54, 1.807) is 11.0 Å². The predicted octanol–water partition coefficient (Wildman–Crippen LogP) is 5.39. The fraction of sp³-hybridized carbons (Fsp3) is 0.435. The second kappa shape index (κ2) is 13.0. The summed E-state index contributed by atoms with van der Waals surface area (Å²) >= 11 is 2.15. The van der Waals surface area contributed by atoms with Crippen LogP contribution in [0.2, 0.25) is 0 Å². The Hall–Kier alpha value is -1.20. The zero-order valence-corrected chi connectivity index (χ0v) is 21.7. The molecule has 0 bridgehead atoms. The van der Waals surface area contributed by atoms with Gasteiger partial charge in [0.1, 0.15) is 5.75 Å². The van der Waals surface area contributed by atoms with Gasteiger partial charge in [-0.1, -0.05) is 52.9 Å². The van der Waals surface area contributed by atoms with Gasteiger partial charge in [0.15, 0.2) is 0 Å². The number of benzene rings is 2. The molecule has 1 saturated heterocycles. The van der Waals surface area contributed by atoms with Crippen LogP contribution in [0.4, 0.5) is 14.5 Å². The monoisotopic (exact) mass is 613 g/mol. The van der Waals surface area contributed by atoms with E-state index in [1.165, 1.54) is 5.56 Å². The normalized spacial score (nSPS) is 20.0. The van der Waals surface area contributed by atoms with Crippen molar-refractivity contribution >= 4 is 59.0 Å². The van der Waals surface area contributed by atoms with Crippen LogP contribution >= 0.6 is 47.4 Å². The van der Waals surface area contributed by atoms with E-state index in [9.17, 15) is 13.6 Å². The molecule has 4 rings (SSSR count). The molecule has 2 aliphatic rings. The van der Waals surface area contributed by atoms with Gasteiger partial charge in [0.25, 0.3) is 0 Å². The number of piperidine rings is 1. The molecule has 0 radical (unpaired) electrons. The second-order valence-electron chi connectivity index (χ2n) is 7.88. The molecular weight excluding hydrogens is 586 g/mol. The number of carbonyl (C=O) groups excluding carboxylic acids is 1. The summed E-state index contributed by atoms with van der Waals surface area (Å²) in [6.45, 7) is -1.56. The molecule has 5 nitrogen and oxygen atoms in total. The third kappa shape index (κ3) is 6.69. The number of alkyl halides is 3. The molecule has 0 saturated carbocycles.